The third-order valence-electron chi connectivity index (χ3n) is 5.62. The SMILES string of the molecule is Nc1c(-c2nc3ccc(F)cc3[nH]c2=O)[nH]c2ccc(C(=O)N3CCCCC3)cc12. The Bertz CT molecular complexity index is 1350. The van der Waals surface area contributed by atoms with Crippen molar-refractivity contribution in [3.05, 3.63) is 58.1 Å². The van der Waals surface area contributed by atoms with Gasteiger partial charge >= 0.3 is 0 Å². The molecule has 1 aliphatic heterocycles. The highest BCUT2D eigenvalue weighted by molar-refractivity contribution is 6.04. The van der Waals surface area contributed by atoms with Crippen LogP contribution in [0.25, 0.3) is 33.3 Å². The van der Waals surface area contributed by atoms with Crippen LogP contribution in [0.4, 0.5) is 10.1 Å². The predicted molar refractivity (Wildman–Crippen MR) is 114 cm³/mol. The van der Waals surface area contributed by atoms with Gasteiger partial charge < -0.3 is 20.6 Å². The van der Waals surface area contributed by atoms with Gasteiger partial charge in [0.1, 0.15) is 5.82 Å². The van der Waals surface area contributed by atoms with Crippen LogP contribution in [0.1, 0.15) is 29.6 Å². The standard InChI is InChI=1S/C22H20FN5O2/c23-13-5-7-16-17(11-13)27-21(29)20(26-16)19-18(24)14-10-12(4-6-15(14)25-19)22(30)28-8-2-1-3-9-28/h4-7,10-11,25H,1-3,8-9,24H2,(H,27,29). The summed E-state index contributed by atoms with van der Waals surface area (Å²) in [7, 11) is 0. The number of halogens is 1. The topological polar surface area (TPSA) is 108 Å². The molecule has 2 aromatic carbocycles. The van der Waals surface area contributed by atoms with Crippen molar-refractivity contribution < 1.29 is 9.18 Å². The molecule has 3 heterocycles. The number of nitrogens with zero attached hydrogens (tertiary/aromatic N) is 2. The van der Waals surface area contributed by atoms with Gasteiger partial charge in [-0.3, -0.25) is 9.59 Å². The maximum atomic E-state index is 13.4. The van der Waals surface area contributed by atoms with Gasteiger partial charge in [0.25, 0.3) is 11.5 Å². The molecule has 1 aliphatic rings. The minimum atomic E-state index is -0.476. The van der Waals surface area contributed by atoms with Gasteiger partial charge in [0.05, 0.1) is 22.4 Å². The highest BCUT2D eigenvalue weighted by atomic mass is 19.1. The number of anilines is 1. The molecule has 0 bridgehead atoms. The third kappa shape index (κ3) is 3.01. The molecule has 7 nitrogen and oxygen atoms in total. The molecule has 4 N–H and O–H groups in total. The molecule has 0 atom stereocenters. The van der Waals surface area contributed by atoms with Crippen molar-refractivity contribution in [2.45, 2.75) is 19.3 Å². The Kier molecular flexibility index (Phi) is 4.27. The largest absolute Gasteiger partial charge is 0.396 e. The number of nitrogen functional groups attached to an aromatic ring is 1. The second kappa shape index (κ2) is 6.98. The predicted octanol–water partition coefficient (Wildman–Crippen LogP) is 3.42. The van der Waals surface area contributed by atoms with Crippen molar-refractivity contribution in [1.82, 2.24) is 19.9 Å². The molecular weight excluding hydrogens is 385 g/mol. The molecule has 1 amide bonds. The maximum Gasteiger partial charge on any atom is 0.276 e. The Morgan fingerprint density at radius 1 is 1.03 bits per heavy atom. The lowest BCUT2D eigenvalue weighted by molar-refractivity contribution is 0.0724. The number of carbonyl (C=O) groups excluding carboxylic acids is 1. The van der Waals surface area contributed by atoms with E-state index in [1.54, 1.807) is 18.2 Å². The second-order valence-corrected chi connectivity index (χ2v) is 7.60. The Labute approximate surface area is 170 Å². The summed E-state index contributed by atoms with van der Waals surface area (Å²) in [5.74, 6) is -0.466. The van der Waals surface area contributed by atoms with E-state index >= 15 is 0 Å². The number of piperidine rings is 1. The van der Waals surface area contributed by atoms with Gasteiger partial charge in [-0.2, -0.15) is 0 Å². The summed E-state index contributed by atoms with van der Waals surface area (Å²) in [6.07, 6.45) is 3.19. The molecule has 1 fully saturated rings. The summed E-state index contributed by atoms with van der Waals surface area (Å²) < 4.78 is 13.4. The number of carbonyl (C=O) groups is 1. The van der Waals surface area contributed by atoms with E-state index in [4.69, 9.17) is 5.73 Å². The first-order chi connectivity index (χ1) is 14.5. The van der Waals surface area contributed by atoms with Crippen LogP contribution in [0.2, 0.25) is 0 Å². The smallest absolute Gasteiger partial charge is 0.276 e. The Morgan fingerprint density at radius 2 is 1.83 bits per heavy atom. The lowest BCUT2D eigenvalue weighted by Crippen LogP contribution is -2.35. The van der Waals surface area contributed by atoms with E-state index in [0.717, 1.165) is 32.4 Å². The molecule has 2 aromatic heterocycles. The number of H-pyrrole nitrogens is 2. The molecule has 0 saturated carbocycles. The third-order valence-corrected chi connectivity index (χ3v) is 5.62. The van der Waals surface area contributed by atoms with Crippen molar-refractivity contribution in [3.8, 4) is 11.4 Å². The van der Waals surface area contributed by atoms with Crippen molar-refractivity contribution in [2.24, 2.45) is 0 Å². The first kappa shape index (κ1) is 18.4. The van der Waals surface area contributed by atoms with E-state index in [0.29, 0.717) is 38.9 Å². The summed E-state index contributed by atoms with van der Waals surface area (Å²) in [6.45, 7) is 1.53. The van der Waals surface area contributed by atoms with Gasteiger partial charge in [-0.05, 0) is 55.7 Å². The number of nitrogens with one attached hydrogen (secondary N) is 2. The fourth-order valence-corrected chi connectivity index (χ4v) is 4.04. The summed E-state index contributed by atoms with van der Waals surface area (Å²) in [5, 5.41) is 0.660. The quantitative estimate of drug-likeness (QED) is 0.475. The van der Waals surface area contributed by atoms with E-state index in [-0.39, 0.29) is 11.6 Å². The van der Waals surface area contributed by atoms with Crippen LogP contribution in [0, 0.1) is 5.82 Å². The summed E-state index contributed by atoms with van der Waals surface area (Å²) in [4.78, 5) is 37.4. The molecule has 0 radical (unpaired) electrons. The molecule has 8 heteroatoms. The zero-order valence-electron chi connectivity index (χ0n) is 16.2. The van der Waals surface area contributed by atoms with Gasteiger partial charge in [-0.1, -0.05) is 0 Å². The zero-order valence-corrected chi connectivity index (χ0v) is 16.2. The zero-order chi connectivity index (χ0) is 20.8. The van der Waals surface area contributed by atoms with Crippen LogP contribution >= 0.6 is 0 Å². The number of hydrogen-bond donors (Lipinski definition) is 3. The molecule has 4 aromatic rings. The molecule has 30 heavy (non-hydrogen) atoms. The number of aromatic amines is 2. The first-order valence-electron chi connectivity index (χ1n) is 9.92. The minimum Gasteiger partial charge on any atom is -0.396 e. The Morgan fingerprint density at radius 3 is 2.63 bits per heavy atom. The van der Waals surface area contributed by atoms with Crippen LogP contribution in [-0.4, -0.2) is 38.8 Å². The summed E-state index contributed by atoms with van der Waals surface area (Å²) >= 11 is 0. The summed E-state index contributed by atoms with van der Waals surface area (Å²) in [6, 6.07) is 9.31. The van der Waals surface area contributed by atoms with Crippen LogP contribution in [0.15, 0.2) is 41.2 Å². The van der Waals surface area contributed by atoms with Crippen LogP contribution in [0.5, 0.6) is 0 Å². The molecule has 1 saturated heterocycles. The number of amides is 1. The number of benzene rings is 2. The number of likely N-dealkylation sites (tertiary alicyclic amines) is 1. The van der Waals surface area contributed by atoms with Crippen LogP contribution in [0.3, 0.4) is 0 Å². The van der Waals surface area contributed by atoms with Gasteiger partial charge in [0.2, 0.25) is 0 Å². The minimum absolute atomic E-state index is 0.0116. The normalized spacial score (nSPS) is 14.5. The van der Waals surface area contributed by atoms with Gasteiger partial charge in [-0.15, -0.1) is 0 Å². The average molecular weight is 405 g/mol. The number of rotatable bonds is 2. The fraction of sp³-hybridized carbons (Fsp3) is 0.227. The Balaban J connectivity index is 1.59. The lowest BCUT2D eigenvalue weighted by atomic mass is 10.1. The molecular formula is C22H20FN5O2. The average Bonchev–Trinajstić information content (AvgIpc) is 3.09. The van der Waals surface area contributed by atoms with Crippen molar-refractivity contribution in [2.75, 3.05) is 18.8 Å². The summed E-state index contributed by atoms with van der Waals surface area (Å²) in [5.41, 5.74) is 8.74. The second-order valence-electron chi connectivity index (χ2n) is 7.60. The van der Waals surface area contributed by atoms with E-state index in [1.807, 2.05) is 4.90 Å². The van der Waals surface area contributed by atoms with E-state index in [9.17, 15) is 14.0 Å². The Hall–Kier alpha value is -3.68. The van der Waals surface area contributed by atoms with Gasteiger partial charge in [-0.25, -0.2) is 9.37 Å². The van der Waals surface area contributed by atoms with Crippen molar-refractivity contribution >= 4 is 33.5 Å². The van der Waals surface area contributed by atoms with E-state index in [2.05, 4.69) is 15.0 Å². The van der Waals surface area contributed by atoms with Gasteiger partial charge in [0.15, 0.2) is 5.69 Å². The first-order valence-corrected chi connectivity index (χ1v) is 9.92. The molecule has 0 spiro atoms. The molecule has 5 rings (SSSR count). The number of fused-ring (bicyclic) bond motifs is 2. The van der Waals surface area contributed by atoms with Crippen LogP contribution < -0.4 is 11.3 Å². The van der Waals surface area contributed by atoms with E-state index in [1.165, 1.54) is 18.2 Å². The molecule has 0 aliphatic carbocycles. The molecule has 0 unspecified atom stereocenters. The fourth-order valence-electron chi connectivity index (χ4n) is 4.04. The number of nitrogens with two attached hydrogens (primary N) is 1. The molecule has 152 valence electrons. The van der Waals surface area contributed by atoms with Gasteiger partial charge in [0, 0.05) is 29.6 Å². The highest BCUT2D eigenvalue weighted by Crippen LogP contribution is 2.32. The highest BCUT2D eigenvalue weighted by Gasteiger charge is 2.21. The number of hydrogen-bond acceptors (Lipinski definition) is 4. The monoisotopic (exact) mass is 405 g/mol. The maximum absolute atomic E-state index is 13.4. The van der Waals surface area contributed by atoms with E-state index < -0.39 is 11.4 Å². The number of aromatic nitrogens is 3. The van der Waals surface area contributed by atoms with Crippen LogP contribution in [-0.2, 0) is 0 Å². The van der Waals surface area contributed by atoms with Crippen molar-refractivity contribution in [1.29, 1.82) is 0 Å². The van der Waals surface area contributed by atoms with Crippen molar-refractivity contribution in [3.63, 3.8) is 0 Å². The lowest BCUT2D eigenvalue weighted by Gasteiger charge is -2.26.